The highest BCUT2D eigenvalue weighted by Gasteiger charge is 2.31. The Balaban J connectivity index is 2.32. The van der Waals surface area contributed by atoms with Crippen LogP contribution < -0.4 is 9.47 Å². The van der Waals surface area contributed by atoms with E-state index in [0.29, 0.717) is 11.5 Å². The van der Waals surface area contributed by atoms with Gasteiger partial charge in [-0.2, -0.15) is 0 Å². The molecule has 0 spiro atoms. The molecule has 0 heterocycles. The second kappa shape index (κ2) is 9.79. The SMILES string of the molecule is CC(C)(C)c1cccc(OC(=O)CC(=O)Oc2cccc(C(C)(C)C)c2C(C)(C)C)c1C(C)(C)C. The van der Waals surface area contributed by atoms with Crippen LogP contribution in [0.15, 0.2) is 36.4 Å². The lowest BCUT2D eigenvalue weighted by Crippen LogP contribution is -2.26. The molecule has 0 atom stereocenters. The highest BCUT2D eigenvalue weighted by Crippen LogP contribution is 2.41. The summed E-state index contributed by atoms with van der Waals surface area (Å²) in [6, 6.07) is 11.5. The molecule has 0 saturated heterocycles. The topological polar surface area (TPSA) is 52.6 Å². The maximum atomic E-state index is 12.8. The van der Waals surface area contributed by atoms with E-state index in [1.54, 1.807) is 12.1 Å². The lowest BCUT2D eigenvalue weighted by molar-refractivity contribution is -0.144. The molecule has 2 aromatic rings. The minimum absolute atomic E-state index is 0.120. The van der Waals surface area contributed by atoms with Gasteiger partial charge in [0.05, 0.1) is 0 Å². The molecule has 0 aliphatic carbocycles. The Morgan fingerprint density at radius 3 is 1.11 bits per heavy atom. The molecule has 0 fully saturated rings. The Morgan fingerprint density at radius 1 is 0.543 bits per heavy atom. The Kier molecular flexibility index (Phi) is 8.01. The Hall–Kier alpha value is -2.62. The van der Waals surface area contributed by atoms with Crippen LogP contribution in [0.1, 0.15) is 112 Å². The van der Waals surface area contributed by atoms with Gasteiger partial charge in [0, 0.05) is 11.1 Å². The summed E-state index contributed by atoms with van der Waals surface area (Å²) in [6.07, 6.45) is -0.466. The molecule has 0 bridgehead atoms. The average Bonchev–Trinajstić information content (AvgIpc) is 2.64. The number of carbonyl (C=O) groups is 2. The van der Waals surface area contributed by atoms with E-state index in [2.05, 4.69) is 95.2 Å². The van der Waals surface area contributed by atoms with Crippen molar-refractivity contribution in [2.75, 3.05) is 0 Å². The van der Waals surface area contributed by atoms with E-state index in [4.69, 9.17) is 9.47 Å². The quantitative estimate of drug-likeness (QED) is 0.255. The molecular formula is C31H44O4. The largest absolute Gasteiger partial charge is 0.426 e. The van der Waals surface area contributed by atoms with E-state index in [1.807, 2.05) is 12.1 Å². The fourth-order valence-corrected chi connectivity index (χ4v) is 4.46. The van der Waals surface area contributed by atoms with Gasteiger partial charge >= 0.3 is 11.9 Å². The van der Waals surface area contributed by atoms with Crippen molar-refractivity contribution < 1.29 is 19.1 Å². The van der Waals surface area contributed by atoms with Gasteiger partial charge in [-0.05, 0) is 44.9 Å². The van der Waals surface area contributed by atoms with E-state index in [9.17, 15) is 9.59 Å². The molecule has 4 heteroatoms. The normalized spacial score (nSPS) is 12.9. The first-order valence-corrected chi connectivity index (χ1v) is 12.4. The van der Waals surface area contributed by atoms with Crippen LogP contribution in [0, 0.1) is 0 Å². The molecule has 0 aliphatic heterocycles. The average molecular weight is 481 g/mol. The van der Waals surface area contributed by atoms with Crippen LogP contribution in [0.25, 0.3) is 0 Å². The zero-order chi connectivity index (χ0) is 27.0. The van der Waals surface area contributed by atoms with Crippen LogP contribution in [0.2, 0.25) is 0 Å². The molecule has 0 aromatic heterocycles. The van der Waals surface area contributed by atoms with Gasteiger partial charge in [0.25, 0.3) is 0 Å². The summed E-state index contributed by atoms with van der Waals surface area (Å²) in [4.78, 5) is 25.7. The van der Waals surface area contributed by atoms with Gasteiger partial charge in [0.15, 0.2) is 0 Å². The number of hydrogen-bond donors (Lipinski definition) is 0. The van der Waals surface area contributed by atoms with Gasteiger partial charge in [0.2, 0.25) is 0 Å². The molecule has 192 valence electrons. The molecule has 2 rings (SSSR count). The summed E-state index contributed by atoms with van der Waals surface area (Å²) in [5, 5.41) is 0. The van der Waals surface area contributed by atoms with E-state index in [0.717, 1.165) is 22.3 Å². The molecule has 35 heavy (non-hydrogen) atoms. The third kappa shape index (κ3) is 7.19. The van der Waals surface area contributed by atoms with Crippen molar-refractivity contribution in [2.24, 2.45) is 0 Å². The maximum absolute atomic E-state index is 12.8. The molecule has 0 amide bonds. The van der Waals surface area contributed by atoms with Gasteiger partial charge in [0.1, 0.15) is 17.9 Å². The zero-order valence-corrected chi connectivity index (χ0v) is 23.8. The molecule has 0 radical (unpaired) electrons. The maximum Gasteiger partial charge on any atom is 0.322 e. The van der Waals surface area contributed by atoms with Crippen molar-refractivity contribution in [3.63, 3.8) is 0 Å². The second-order valence-electron chi connectivity index (χ2n) is 13.5. The predicted molar refractivity (Wildman–Crippen MR) is 144 cm³/mol. The fraction of sp³-hybridized carbons (Fsp3) is 0.548. The first-order chi connectivity index (χ1) is 15.7. The van der Waals surface area contributed by atoms with Crippen LogP contribution >= 0.6 is 0 Å². The molecular weight excluding hydrogens is 436 g/mol. The summed E-state index contributed by atoms with van der Waals surface area (Å²) in [6.45, 7) is 25.4. The number of hydrogen-bond acceptors (Lipinski definition) is 4. The number of rotatable bonds is 4. The minimum atomic E-state index is -0.629. The van der Waals surface area contributed by atoms with Crippen molar-refractivity contribution in [2.45, 2.75) is 111 Å². The van der Waals surface area contributed by atoms with Gasteiger partial charge in [-0.25, -0.2) is 0 Å². The summed E-state index contributed by atoms with van der Waals surface area (Å²) >= 11 is 0. The minimum Gasteiger partial charge on any atom is -0.426 e. The third-order valence-corrected chi connectivity index (χ3v) is 5.90. The highest BCUT2D eigenvalue weighted by molar-refractivity contribution is 5.93. The predicted octanol–water partition coefficient (Wildman–Crippen LogP) is 7.78. The van der Waals surface area contributed by atoms with Crippen LogP contribution in [-0.2, 0) is 31.2 Å². The lowest BCUT2D eigenvalue weighted by Gasteiger charge is -2.31. The van der Waals surface area contributed by atoms with Crippen LogP contribution in [-0.4, -0.2) is 11.9 Å². The van der Waals surface area contributed by atoms with Crippen molar-refractivity contribution >= 4 is 11.9 Å². The molecule has 0 aliphatic rings. The van der Waals surface area contributed by atoms with Gasteiger partial charge in [-0.3, -0.25) is 9.59 Å². The number of esters is 2. The van der Waals surface area contributed by atoms with Crippen LogP contribution in [0.3, 0.4) is 0 Å². The number of carbonyl (C=O) groups excluding carboxylic acids is 2. The van der Waals surface area contributed by atoms with Gasteiger partial charge in [-0.1, -0.05) is 107 Å². The molecule has 0 saturated carbocycles. The van der Waals surface area contributed by atoms with E-state index < -0.39 is 18.4 Å². The van der Waals surface area contributed by atoms with Crippen molar-refractivity contribution in [3.05, 3.63) is 58.7 Å². The standard InChI is InChI=1S/C31H44O4/c1-28(2,3)20-15-13-17-22(26(20)30(7,8)9)34-24(32)19-25(33)35-23-18-14-16-21(29(4,5)6)27(23)31(10,11)12/h13-18H,19H2,1-12H3. The van der Waals surface area contributed by atoms with Gasteiger partial charge in [-0.15, -0.1) is 0 Å². The third-order valence-electron chi connectivity index (χ3n) is 5.90. The van der Waals surface area contributed by atoms with Crippen LogP contribution in [0.5, 0.6) is 11.5 Å². The Morgan fingerprint density at radius 2 is 0.857 bits per heavy atom. The summed E-state index contributed by atoms with van der Waals surface area (Å²) in [5.41, 5.74) is 3.46. The summed E-state index contributed by atoms with van der Waals surface area (Å²) < 4.78 is 11.5. The first kappa shape index (κ1) is 28.6. The van der Waals surface area contributed by atoms with E-state index in [-0.39, 0.29) is 21.7 Å². The van der Waals surface area contributed by atoms with E-state index in [1.165, 1.54) is 0 Å². The zero-order valence-electron chi connectivity index (χ0n) is 23.8. The number of benzene rings is 2. The second-order valence-corrected chi connectivity index (χ2v) is 13.5. The van der Waals surface area contributed by atoms with E-state index >= 15 is 0 Å². The summed E-state index contributed by atoms with van der Waals surface area (Å²) in [5.74, 6) is -0.271. The molecule has 0 N–H and O–H groups in total. The Labute approximate surface area is 212 Å². The first-order valence-electron chi connectivity index (χ1n) is 12.4. The molecule has 4 nitrogen and oxygen atoms in total. The lowest BCUT2D eigenvalue weighted by atomic mass is 9.75. The molecule has 0 unspecified atom stereocenters. The monoisotopic (exact) mass is 480 g/mol. The van der Waals surface area contributed by atoms with Crippen molar-refractivity contribution in [1.29, 1.82) is 0 Å². The summed E-state index contributed by atoms with van der Waals surface area (Å²) in [7, 11) is 0. The fourth-order valence-electron chi connectivity index (χ4n) is 4.46. The number of ether oxygens (including phenoxy) is 2. The highest BCUT2D eigenvalue weighted by atomic mass is 16.6. The smallest absolute Gasteiger partial charge is 0.322 e. The van der Waals surface area contributed by atoms with Gasteiger partial charge < -0.3 is 9.47 Å². The van der Waals surface area contributed by atoms with Crippen LogP contribution in [0.4, 0.5) is 0 Å². The Bertz CT molecular complexity index is 993. The molecule has 2 aromatic carbocycles. The van der Waals surface area contributed by atoms with Crippen molar-refractivity contribution in [1.82, 2.24) is 0 Å². The van der Waals surface area contributed by atoms with Crippen molar-refractivity contribution in [3.8, 4) is 11.5 Å².